The van der Waals surface area contributed by atoms with Crippen molar-refractivity contribution in [2.24, 2.45) is 0 Å². The van der Waals surface area contributed by atoms with E-state index in [9.17, 15) is 13.2 Å². The number of rotatable bonds is 3. The molecular formula is C13H17F3N2O. The molecule has 0 saturated carbocycles. The Morgan fingerprint density at radius 3 is 2.89 bits per heavy atom. The molecule has 1 unspecified atom stereocenters. The second kappa shape index (κ2) is 5.79. The first-order valence-electron chi connectivity index (χ1n) is 6.19. The number of hydrogen-bond acceptors (Lipinski definition) is 3. The van der Waals surface area contributed by atoms with Gasteiger partial charge in [0.2, 0.25) is 0 Å². The van der Waals surface area contributed by atoms with Gasteiger partial charge in [0.05, 0.1) is 0 Å². The van der Waals surface area contributed by atoms with E-state index in [4.69, 9.17) is 0 Å². The molecule has 0 spiro atoms. The van der Waals surface area contributed by atoms with Gasteiger partial charge in [-0.25, -0.2) is 0 Å². The van der Waals surface area contributed by atoms with Crippen molar-refractivity contribution in [1.82, 2.24) is 10.2 Å². The van der Waals surface area contributed by atoms with Crippen LogP contribution in [-0.2, 0) is 6.42 Å². The van der Waals surface area contributed by atoms with Crippen molar-refractivity contribution >= 4 is 0 Å². The van der Waals surface area contributed by atoms with E-state index in [1.54, 1.807) is 6.07 Å². The number of nitrogens with zero attached hydrogens (tertiary/aromatic N) is 1. The third-order valence-corrected chi connectivity index (χ3v) is 3.07. The van der Waals surface area contributed by atoms with E-state index in [1.165, 1.54) is 12.1 Å². The molecule has 19 heavy (non-hydrogen) atoms. The fourth-order valence-electron chi connectivity index (χ4n) is 2.28. The van der Waals surface area contributed by atoms with Gasteiger partial charge in [0.1, 0.15) is 5.75 Å². The van der Waals surface area contributed by atoms with Gasteiger partial charge in [-0.05, 0) is 31.2 Å². The Morgan fingerprint density at radius 2 is 2.21 bits per heavy atom. The summed E-state index contributed by atoms with van der Waals surface area (Å²) < 4.78 is 40.3. The predicted octanol–water partition coefficient (Wildman–Crippen LogP) is 2.03. The molecule has 1 heterocycles. The van der Waals surface area contributed by atoms with Crippen molar-refractivity contribution in [3.05, 3.63) is 29.8 Å². The van der Waals surface area contributed by atoms with Gasteiger partial charge in [-0.15, -0.1) is 13.2 Å². The molecule has 1 aliphatic heterocycles. The lowest BCUT2D eigenvalue weighted by Gasteiger charge is -2.31. The van der Waals surface area contributed by atoms with Crippen LogP contribution in [0.4, 0.5) is 13.2 Å². The summed E-state index contributed by atoms with van der Waals surface area (Å²) in [5.41, 5.74) is 0.842. The van der Waals surface area contributed by atoms with Gasteiger partial charge in [0.25, 0.3) is 0 Å². The normalized spacial score (nSPS) is 21.4. The van der Waals surface area contributed by atoms with Crippen LogP contribution in [0.15, 0.2) is 24.3 Å². The standard InChI is InChI=1S/C13H17F3N2O/c1-18-6-5-17-11(9-18)7-10-3-2-4-12(8-10)19-13(14,15)16/h2-4,8,11,17H,5-7,9H2,1H3. The lowest BCUT2D eigenvalue weighted by atomic mass is 10.0. The van der Waals surface area contributed by atoms with Crippen LogP contribution in [-0.4, -0.2) is 44.0 Å². The average molecular weight is 274 g/mol. The summed E-state index contributed by atoms with van der Waals surface area (Å²) in [7, 11) is 2.04. The first kappa shape index (κ1) is 14.1. The van der Waals surface area contributed by atoms with Crippen LogP contribution < -0.4 is 10.1 Å². The Hall–Kier alpha value is -1.27. The van der Waals surface area contributed by atoms with Crippen LogP contribution in [0.25, 0.3) is 0 Å². The molecule has 0 radical (unpaired) electrons. The maximum Gasteiger partial charge on any atom is 0.573 e. The van der Waals surface area contributed by atoms with Crippen LogP contribution in [0.2, 0.25) is 0 Å². The van der Waals surface area contributed by atoms with Gasteiger partial charge in [0, 0.05) is 25.7 Å². The second-order valence-electron chi connectivity index (χ2n) is 4.81. The maximum absolute atomic E-state index is 12.1. The molecule has 1 saturated heterocycles. The molecule has 1 aromatic carbocycles. The Kier molecular flexibility index (Phi) is 4.31. The van der Waals surface area contributed by atoms with Crippen molar-refractivity contribution < 1.29 is 17.9 Å². The Labute approximate surface area is 110 Å². The molecule has 0 aliphatic carbocycles. The summed E-state index contributed by atoms with van der Waals surface area (Å²) in [4.78, 5) is 2.21. The minimum absolute atomic E-state index is 0.158. The molecule has 0 bridgehead atoms. The number of halogens is 3. The monoisotopic (exact) mass is 274 g/mol. The van der Waals surface area contributed by atoms with Gasteiger partial charge < -0.3 is 15.0 Å². The quantitative estimate of drug-likeness (QED) is 0.912. The number of hydrogen-bond donors (Lipinski definition) is 1. The third kappa shape index (κ3) is 4.72. The highest BCUT2D eigenvalue weighted by molar-refractivity contribution is 5.29. The molecular weight excluding hydrogens is 257 g/mol. The largest absolute Gasteiger partial charge is 0.573 e. The van der Waals surface area contributed by atoms with Crippen molar-refractivity contribution in [1.29, 1.82) is 0 Å². The van der Waals surface area contributed by atoms with E-state index >= 15 is 0 Å². The number of ether oxygens (including phenoxy) is 1. The molecule has 2 rings (SSSR count). The van der Waals surface area contributed by atoms with Crippen LogP contribution in [0.1, 0.15) is 5.56 Å². The summed E-state index contributed by atoms with van der Waals surface area (Å²) in [5, 5.41) is 3.36. The summed E-state index contributed by atoms with van der Waals surface area (Å²) >= 11 is 0. The summed E-state index contributed by atoms with van der Waals surface area (Å²) in [6, 6.07) is 6.43. The highest BCUT2D eigenvalue weighted by Crippen LogP contribution is 2.23. The molecule has 1 aromatic rings. The first-order chi connectivity index (χ1) is 8.92. The topological polar surface area (TPSA) is 24.5 Å². The van der Waals surface area contributed by atoms with Gasteiger partial charge in [-0.1, -0.05) is 12.1 Å². The number of likely N-dealkylation sites (N-methyl/N-ethyl adjacent to an activating group) is 1. The van der Waals surface area contributed by atoms with E-state index in [0.717, 1.165) is 25.2 Å². The zero-order valence-electron chi connectivity index (χ0n) is 10.7. The highest BCUT2D eigenvalue weighted by atomic mass is 19.4. The van der Waals surface area contributed by atoms with E-state index in [2.05, 4.69) is 15.0 Å². The number of nitrogens with one attached hydrogen (secondary N) is 1. The van der Waals surface area contributed by atoms with Crippen molar-refractivity contribution in [2.45, 2.75) is 18.8 Å². The SMILES string of the molecule is CN1CCNC(Cc2cccc(OC(F)(F)F)c2)C1. The Balaban J connectivity index is 1.98. The van der Waals surface area contributed by atoms with Gasteiger partial charge in [-0.2, -0.15) is 0 Å². The fourth-order valence-corrected chi connectivity index (χ4v) is 2.28. The molecule has 1 fully saturated rings. The molecule has 1 aliphatic rings. The third-order valence-electron chi connectivity index (χ3n) is 3.07. The lowest BCUT2D eigenvalue weighted by molar-refractivity contribution is -0.274. The molecule has 1 atom stereocenters. The van der Waals surface area contributed by atoms with Crippen molar-refractivity contribution in [3.63, 3.8) is 0 Å². The summed E-state index contributed by atoms with van der Waals surface area (Å²) in [6.07, 6.45) is -3.94. The Bertz CT molecular complexity index is 423. The van der Waals surface area contributed by atoms with Gasteiger partial charge >= 0.3 is 6.36 Å². The minimum Gasteiger partial charge on any atom is -0.406 e. The van der Waals surface area contributed by atoms with E-state index < -0.39 is 6.36 Å². The zero-order valence-corrected chi connectivity index (χ0v) is 10.7. The minimum atomic E-state index is -4.64. The van der Waals surface area contributed by atoms with Crippen molar-refractivity contribution in [2.75, 3.05) is 26.7 Å². The molecule has 0 amide bonds. The van der Waals surface area contributed by atoms with E-state index in [0.29, 0.717) is 6.42 Å². The predicted molar refractivity (Wildman–Crippen MR) is 66.1 cm³/mol. The van der Waals surface area contributed by atoms with Gasteiger partial charge in [-0.3, -0.25) is 0 Å². The molecule has 1 N–H and O–H groups in total. The zero-order chi connectivity index (χ0) is 13.9. The second-order valence-corrected chi connectivity index (χ2v) is 4.81. The van der Waals surface area contributed by atoms with E-state index in [-0.39, 0.29) is 11.8 Å². The highest BCUT2D eigenvalue weighted by Gasteiger charge is 2.31. The molecule has 3 nitrogen and oxygen atoms in total. The average Bonchev–Trinajstić information content (AvgIpc) is 2.27. The Morgan fingerprint density at radius 1 is 1.42 bits per heavy atom. The van der Waals surface area contributed by atoms with Crippen molar-refractivity contribution in [3.8, 4) is 5.75 Å². The maximum atomic E-state index is 12.1. The summed E-state index contributed by atoms with van der Waals surface area (Å²) in [5.74, 6) is -0.158. The first-order valence-corrected chi connectivity index (χ1v) is 6.19. The molecule has 0 aromatic heterocycles. The van der Waals surface area contributed by atoms with Gasteiger partial charge in [0.15, 0.2) is 0 Å². The smallest absolute Gasteiger partial charge is 0.406 e. The number of alkyl halides is 3. The number of piperazine rings is 1. The van der Waals surface area contributed by atoms with Crippen LogP contribution >= 0.6 is 0 Å². The lowest BCUT2D eigenvalue weighted by Crippen LogP contribution is -2.49. The van der Waals surface area contributed by atoms with E-state index in [1.807, 2.05) is 13.1 Å². The molecule has 6 heteroatoms. The molecule has 106 valence electrons. The summed E-state index contributed by atoms with van der Waals surface area (Å²) in [6.45, 7) is 2.79. The van der Waals surface area contributed by atoms with Crippen LogP contribution in [0.3, 0.4) is 0 Å². The van der Waals surface area contributed by atoms with Crippen LogP contribution in [0, 0.1) is 0 Å². The fraction of sp³-hybridized carbons (Fsp3) is 0.538. The number of benzene rings is 1. The van der Waals surface area contributed by atoms with Crippen LogP contribution in [0.5, 0.6) is 5.75 Å².